The standard InChI is InChI=1S/C25H25ClN2O4S/c1-33(31,32)16-15-23(28-24(29)20-12-6-7-13-21(20)26)25(30)27-22-14-8-5-11-19(22)17-18-9-3-2-4-10-18/h2-14,23H,15-17H2,1H3,(H,27,30)(H,28,29)/t23-/m1/s1. The number of halogens is 1. The number of anilines is 1. The molecule has 3 aromatic carbocycles. The van der Waals surface area contributed by atoms with E-state index in [-0.39, 0.29) is 22.8 Å². The molecule has 0 fully saturated rings. The normalized spacial score (nSPS) is 12.1. The molecule has 2 amide bonds. The Morgan fingerprint density at radius 2 is 1.55 bits per heavy atom. The summed E-state index contributed by atoms with van der Waals surface area (Å²) in [6, 6.07) is 22.6. The van der Waals surface area contributed by atoms with Crippen molar-refractivity contribution in [3.63, 3.8) is 0 Å². The van der Waals surface area contributed by atoms with E-state index in [1.807, 2.05) is 42.5 Å². The summed E-state index contributed by atoms with van der Waals surface area (Å²) >= 11 is 6.10. The zero-order valence-corrected chi connectivity index (χ0v) is 19.7. The molecule has 33 heavy (non-hydrogen) atoms. The zero-order chi connectivity index (χ0) is 23.8. The summed E-state index contributed by atoms with van der Waals surface area (Å²) in [5.74, 6) is -1.30. The van der Waals surface area contributed by atoms with Gasteiger partial charge in [-0.2, -0.15) is 0 Å². The Labute approximate surface area is 198 Å². The Kier molecular flexibility index (Phi) is 8.25. The van der Waals surface area contributed by atoms with Crippen LogP contribution in [0.2, 0.25) is 5.02 Å². The van der Waals surface area contributed by atoms with Crippen molar-refractivity contribution in [3.8, 4) is 0 Å². The molecule has 6 nitrogen and oxygen atoms in total. The first-order chi connectivity index (χ1) is 15.7. The molecule has 0 aliphatic carbocycles. The number of amides is 2. The Morgan fingerprint density at radius 1 is 0.909 bits per heavy atom. The van der Waals surface area contributed by atoms with Crippen LogP contribution < -0.4 is 10.6 Å². The average molecular weight is 485 g/mol. The first kappa shape index (κ1) is 24.5. The third-order valence-electron chi connectivity index (χ3n) is 5.03. The van der Waals surface area contributed by atoms with Gasteiger partial charge in [0.05, 0.1) is 16.3 Å². The van der Waals surface area contributed by atoms with E-state index < -0.39 is 27.7 Å². The minimum Gasteiger partial charge on any atom is -0.340 e. The molecule has 0 saturated heterocycles. The fraction of sp³-hybridized carbons (Fsp3) is 0.200. The SMILES string of the molecule is CS(=O)(=O)CC[C@@H](NC(=O)c1ccccc1Cl)C(=O)Nc1ccccc1Cc1ccccc1. The van der Waals surface area contributed by atoms with Crippen molar-refractivity contribution in [2.45, 2.75) is 18.9 Å². The Bertz CT molecular complexity index is 1230. The van der Waals surface area contributed by atoms with Gasteiger partial charge < -0.3 is 10.6 Å². The van der Waals surface area contributed by atoms with Crippen LogP contribution in [0.4, 0.5) is 5.69 Å². The van der Waals surface area contributed by atoms with Crippen LogP contribution in [-0.2, 0) is 21.1 Å². The van der Waals surface area contributed by atoms with Crippen molar-refractivity contribution in [1.29, 1.82) is 0 Å². The monoisotopic (exact) mass is 484 g/mol. The number of nitrogens with one attached hydrogen (secondary N) is 2. The van der Waals surface area contributed by atoms with Crippen LogP contribution in [-0.4, -0.2) is 38.3 Å². The minimum absolute atomic E-state index is 0.0677. The predicted octanol–water partition coefficient (Wildman–Crippen LogP) is 4.10. The van der Waals surface area contributed by atoms with Crippen LogP contribution in [0, 0.1) is 0 Å². The zero-order valence-electron chi connectivity index (χ0n) is 18.1. The molecule has 3 rings (SSSR count). The molecule has 0 heterocycles. The van der Waals surface area contributed by atoms with E-state index in [2.05, 4.69) is 10.6 Å². The van der Waals surface area contributed by atoms with Crippen molar-refractivity contribution in [2.75, 3.05) is 17.3 Å². The second-order valence-electron chi connectivity index (χ2n) is 7.73. The first-order valence-electron chi connectivity index (χ1n) is 10.4. The maximum atomic E-state index is 13.1. The van der Waals surface area contributed by atoms with E-state index in [0.29, 0.717) is 12.1 Å². The molecule has 0 aliphatic rings. The Balaban J connectivity index is 1.80. The van der Waals surface area contributed by atoms with Gasteiger partial charge in [0.15, 0.2) is 0 Å². The summed E-state index contributed by atoms with van der Waals surface area (Å²) in [6.07, 6.45) is 1.63. The predicted molar refractivity (Wildman–Crippen MR) is 131 cm³/mol. The molecule has 0 unspecified atom stereocenters. The van der Waals surface area contributed by atoms with Crippen LogP contribution in [0.15, 0.2) is 78.9 Å². The van der Waals surface area contributed by atoms with E-state index in [0.717, 1.165) is 17.4 Å². The van der Waals surface area contributed by atoms with Gasteiger partial charge in [0.2, 0.25) is 5.91 Å². The van der Waals surface area contributed by atoms with Crippen molar-refractivity contribution in [2.24, 2.45) is 0 Å². The first-order valence-corrected chi connectivity index (χ1v) is 12.8. The highest BCUT2D eigenvalue weighted by Gasteiger charge is 2.24. The quantitative estimate of drug-likeness (QED) is 0.478. The highest BCUT2D eigenvalue weighted by Crippen LogP contribution is 2.20. The van der Waals surface area contributed by atoms with Gasteiger partial charge in [0.1, 0.15) is 15.9 Å². The summed E-state index contributed by atoms with van der Waals surface area (Å²) in [4.78, 5) is 25.9. The molecule has 0 bridgehead atoms. The maximum absolute atomic E-state index is 13.1. The molecule has 0 aromatic heterocycles. The van der Waals surface area contributed by atoms with E-state index >= 15 is 0 Å². The van der Waals surface area contributed by atoms with Crippen LogP contribution in [0.3, 0.4) is 0 Å². The summed E-state index contributed by atoms with van der Waals surface area (Å²) in [5.41, 5.74) is 2.79. The summed E-state index contributed by atoms with van der Waals surface area (Å²) in [7, 11) is -3.34. The van der Waals surface area contributed by atoms with Crippen LogP contribution >= 0.6 is 11.6 Å². The average Bonchev–Trinajstić information content (AvgIpc) is 2.78. The molecule has 0 saturated carbocycles. The van der Waals surface area contributed by atoms with Gasteiger partial charge in [-0.25, -0.2) is 8.42 Å². The highest BCUT2D eigenvalue weighted by molar-refractivity contribution is 7.90. The third kappa shape index (κ3) is 7.44. The number of carbonyl (C=O) groups excluding carboxylic acids is 2. The van der Waals surface area contributed by atoms with Gasteiger partial charge in [-0.1, -0.05) is 72.3 Å². The summed E-state index contributed by atoms with van der Waals surface area (Å²) in [5, 5.41) is 5.73. The smallest absolute Gasteiger partial charge is 0.253 e. The lowest BCUT2D eigenvalue weighted by Gasteiger charge is -2.20. The number of sulfone groups is 1. The molecule has 0 aliphatic heterocycles. The van der Waals surface area contributed by atoms with Gasteiger partial charge in [-0.05, 0) is 42.2 Å². The lowest BCUT2D eigenvalue weighted by molar-refractivity contribution is -0.118. The number of para-hydroxylation sites is 1. The van der Waals surface area contributed by atoms with E-state index in [1.54, 1.807) is 36.4 Å². The van der Waals surface area contributed by atoms with Crippen molar-refractivity contribution >= 4 is 38.9 Å². The second-order valence-corrected chi connectivity index (χ2v) is 10.4. The topological polar surface area (TPSA) is 92.3 Å². The lowest BCUT2D eigenvalue weighted by Crippen LogP contribution is -2.45. The van der Waals surface area contributed by atoms with E-state index in [4.69, 9.17) is 11.6 Å². The van der Waals surface area contributed by atoms with Crippen LogP contribution in [0.1, 0.15) is 27.9 Å². The number of hydrogen-bond acceptors (Lipinski definition) is 4. The van der Waals surface area contributed by atoms with E-state index in [9.17, 15) is 18.0 Å². The molecule has 172 valence electrons. The number of rotatable bonds is 9. The van der Waals surface area contributed by atoms with Crippen molar-refractivity contribution in [1.82, 2.24) is 5.32 Å². The van der Waals surface area contributed by atoms with Gasteiger partial charge >= 0.3 is 0 Å². The van der Waals surface area contributed by atoms with Crippen LogP contribution in [0.5, 0.6) is 0 Å². The Hall–Kier alpha value is -3.16. The summed E-state index contributed by atoms with van der Waals surface area (Å²) in [6.45, 7) is 0. The molecule has 0 radical (unpaired) electrons. The van der Waals surface area contributed by atoms with Gasteiger partial charge in [-0.15, -0.1) is 0 Å². The Morgan fingerprint density at radius 3 is 2.24 bits per heavy atom. The largest absolute Gasteiger partial charge is 0.340 e. The molecule has 3 aromatic rings. The molecule has 1 atom stereocenters. The fourth-order valence-corrected chi connectivity index (χ4v) is 4.20. The molecular formula is C25H25ClN2O4S. The molecule has 8 heteroatoms. The summed E-state index contributed by atoms with van der Waals surface area (Å²) < 4.78 is 23.4. The maximum Gasteiger partial charge on any atom is 0.253 e. The molecule has 2 N–H and O–H groups in total. The van der Waals surface area contributed by atoms with Gasteiger partial charge in [0, 0.05) is 11.9 Å². The van der Waals surface area contributed by atoms with Crippen molar-refractivity contribution < 1.29 is 18.0 Å². The number of benzene rings is 3. The molecular weight excluding hydrogens is 460 g/mol. The van der Waals surface area contributed by atoms with Crippen molar-refractivity contribution in [3.05, 3.63) is 101 Å². The van der Waals surface area contributed by atoms with Gasteiger partial charge in [-0.3, -0.25) is 9.59 Å². The fourth-order valence-electron chi connectivity index (χ4n) is 3.31. The minimum atomic E-state index is -3.34. The van der Waals surface area contributed by atoms with Gasteiger partial charge in [0.25, 0.3) is 5.91 Å². The third-order valence-corrected chi connectivity index (χ3v) is 6.34. The highest BCUT2D eigenvalue weighted by atomic mass is 35.5. The lowest BCUT2D eigenvalue weighted by atomic mass is 10.0. The molecule has 0 spiro atoms. The van der Waals surface area contributed by atoms with E-state index in [1.165, 1.54) is 0 Å². The number of carbonyl (C=O) groups is 2. The number of hydrogen-bond donors (Lipinski definition) is 2. The van der Waals surface area contributed by atoms with Crippen LogP contribution in [0.25, 0.3) is 0 Å². The second kappa shape index (κ2) is 11.1.